The van der Waals surface area contributed by atoms with Crippen molar-refractivity contribution in [3.8, 4) is 5.95 Å². The molecule has 3 aromatic heterocycles. The quantitative estimate of drug-likeness (QED) is 0.382. The van der Waals surface area contributed by atoms with Gasteiger partial charge in [0.1, 0.15) is 11.6 Å². The molecule has 11 nitrogen and oxygen atoms in total. The number of ether oxygens (including phenoxy) is 1. The fourth-order valence-electron chi connectivity index (χ4n) is 6.35. The van der Waals surface area contributed by atoms with Crippen LogP contribution < -0.4 is 4.90 Å². The van der Waals surface area contributed by atoms with Crippen molar-refractivity contribution in [3.05, 3.63) is 35.9 Å². The van der Waals surface area contributed by atoms with Crippen molar-refractivity contribution in [1.82, 2.24) is 38.9 Å². The summed E-state index contributed by atoms with van der Waals surface area (Å²) in [5, 5.41) is 9.79. The number of hydrogen-bond acceptors (Lipinski definition) is 9. The molecule has 0 aliphatic carbocycles. The van der Waals surface area contributed by atoms with Crippen LogP contribution in [0.1, 0.15) is 32.4 Å². The van der Waals surface area contributed by atoms with E-state index < -0.39 is 0 Å². The molecule has 206 valence electrons. The van der Waals surface area contributed by atoms with E-state index in [9.17, 15) is 5.11 Å². The molecule has 2 atom stereocenters. The number of piperazine rings is 1. The third-order valence-corrected chi connectivity index (χ3v) is 8.87. The number of anilines is 1. The Labute approximate surface area is 228 Å². The maximum Gasteiger partial charge on any atom is 0.239 e. The largest absolute Gasteiger partial charge is 0.394 e. The molecule has 3 fully saturated rings. The summed E-state index contributed by atoms with van der Waals surface area (Å²) in [6, 6.07) is 9.20. The van der Waals surface area contributed by atoms with Crippen LogP contribution in [0.2, 0.25) is 0 Å². The third-order valence-electron chi connectivity index (χ3n) is 8.87. The Hall–Kier alpha value is -3.12. The number of para-hydroxylation sites is 2. The second kappa shape index (κ2) is 9.22. The van der Waals surface area contributed by atoms with Crippen molar-refractivity contribution < 1.29 is 9.84 Å². The average molecular weight is 532 g/mol. The minimum absolute atomic E-state index is 0.168. The molecule has 1 aromatic carbocycles. The summed E-state index contributed by atoms with van der Waals surface area (Å²) < 4.78 is 9.88. The molecule has 7 rings (SSSR count). The van der Waals surface area contributed by atoms with Crippen LogP contribution in [-0.2, 0) is 24.8 Å². The second-order valence-corrected chi connectivity index (χ2v) is 11.6. The van der Waals surface area contributed by atoms with E-state index in [4.69, 9.17) is 24.7 Å². The van der Waals surface area contributed by atoms with Gasteiger partial charge >= 0.3 is 0 Å². The lowest BCUT2D eigenvalue weighted by atomic mass is 9.81. The van der Waals surface area contributed by atoms with Gasteiger partial charge in [0.05, 0.1) is 37.4 Å². The zero-order valence-corrected chi connectivity index (χ0v) is 23.2. The first-order valence-corrected chi connectivity index (χ1v) is 14.0. The van der Waals surface area contributed by atoms with E-state index in [1.54, 1.807) is 0 Å². The lowest BCUT2D eigenvalue weighted by Crippen LogP contribution is -2.82. The number of imidazole rings is 2. The van der Waals surface area contributed by atoms with Crippen molar-refractivity contribution in [2.75, 3.05) is 50.9 Å². The zero-order valence-electron chi connectivity index (χ0n) is 23.2. The maximum absolute atomic E-state index is 9.79. The Morgan fingerprint density at radius 1 is 1.00 bits per heavy atom. The van der Waals surface area contributed by atoms with Gasteiger partial charge in [0.25, 0.3) is 0 Å². The normalized spacial score (nSPS) is 22.3. The molecule has 3 aliphatic rings. The van der Waals surface area contributed by atoms with Gasteiger partial charge in [0.2, 0.25) is 5.95 Å². The van der Waals surface area contributed by atoms with Crippen molar-refractivity contribution in [2.45, 2.75) is 51.4 Å². The molecule has 3 saturated heterocycles. The number of hydrogen-bond donors (Lipinski definition) is 1. The van der Waals surface area contributed by atoms with Crippen LogP contribution in [0.15, 0.2) is 24.3 Å². The molecule has 1 unspecified atom stereocenters. The first-order valence-electron chi connectivity index (χ1n) is 14.0. The van der Waals surface area contributed by atoms with Gasteiger partial charge in [-0.3, -0.25) is 14.4 Å². The lowest BCUT2D eigenvalue weighted by molar-refractivity contribution is -0.175. The van der Waals surface area contributed by atoms with Crippen molar-refractivity contribution in [3.63, 3.8) is 0 Å². The Kier molecular flexibility index (Phi) is 5.89. The van der Waals surface area contributed by atoms with E-state index in [1.165, 1.54) is 0 Å². The highest BCUT2D eigenvalue weighted by Crippen LogP contribution is 2.39. The van der Waals surface area contributed by atoms with Crippen LogP contribution in [-0.4, -0.2) is 108 Å². The number of aromatic nitrogens is 6. The summed E-state index contributed by atoms with van der Waals surface area (Å²) in [7, 11) is 2.07. The summed E-state index contributed by atoms with van der Waals surface area (Å²) in [5.74, 6) is 3.43. The van der Waals surface area contributed by atoms with Crippen LogP contribution in [0, 0.1) is 0 Å². The summed E-state index contributed by atoms with van der Waals surface area (Å²) in [6.45, 7) is 12.2. The molecular formula is C28H37N9O2. The third kappa shape index (κ3) is 3.86. The number of aliphatic hydroxyl groups is 1. The van der Waals surface area contributed by atoms with Gasteiger partial charge in [-0.1, -0.05) is 19.1 Å². The van der Waals surface area contributed by atoms with Crippen LogP contribution in [0.5, 0.6) is 0 Å². The number of rotatable bonds is 7. The average Bonchev–Trinajstić information content (AvgIpc) is 3.48. The number of likely N-dealkylation sites (tertiary alicyclic amines) is 2. The van der Waals surface area contributed by atoms with E-state index >= 15 is 0 Å². The predicted octanol–water partition coefficient (Wildman–Crippen LogP) is 1.74. The van der Waals surface area contributed by atoms with Crippen molar-refractivity contribution in [1.29, 1.82) is 0 Å². The summed E-state index contributed by atoms with van der Waals surface area (Å²) in [6.07, 6.45) is 0.779. The number of benzene rings is 1. The number of morpholine rings is 1. The molecule has 0 saturated carbocycles. The predicted molar refractivity (Wildman–Crippen MR) is 149 cm³/mol. The smallest absolute Gasteiger partial charge is 0.239 e. The Morgan fingerprint density at radius 2 is 1.79 bits per heavy atom. The Morgan fingerprint density at radius 3 is 2.51 bits per heavy atom. The first-order chi connectivity index (χ1) is 18.9. The number of nitrogens with zero attached hydrogens (tertiary/aromatic N) is 9. The van der Waals surface area contributed by atoms with Crippen LogP contribution in [0.3, 0.4) is 0 Å². The van der Waals surface area contributed by atoms with Crippen LogP contribution in [0.25, 0.3) is 28.1 Å². The Bertz CT molecular complexity index is 1540. The molecule has 6 heterocycles. The van der Waals surface area contributed by atoms with Gasteiger partial charge in [0.15, 0.2) is 17.0 Å². The molecule has 0 spiro atoms. The number of aliphatic hydroxyl groups excluding tert-OH is 1. The van der Waals surface area contributed by atoms with Gasteiger partial charge in [-0.05, 0) is 26.0 Å². The number of aryl methyl sites for hydroxylation is 2. The Balaban J connectivity index is 1.27. The van der Waals surface area contributed by atoms with E-state index in [0.717, 1.165) is 78.8 Å². The monoisotopic (exact) mass is 531 g/mol. The van der Waals surface area contributed by atoms with E-state index in [2.05, 4.69) is 57.7 Å². The van der Waals surface area contributed by atoms with E-state index in [0.29, 0.717) is 31.2 Å². The van der Waals surface area contributed by atoms with E-state index in [1.807, 2.05) is 18.2 Å². The highest BCUT2D eigenvalue weighted by atomic mass is 16.5. The number of fused-ring (bicyclic) bond motifs is 3. The molecule has 1 N–H and O–H groups in total. The molecular weight excluding hydrogens is 494 g/mol. The summed E-state index contributed by atoms with van der Waals surface area (Å²) in [5.41, 5.74) is 3.47. The fourth-order valence-corrected chi connectivity index (χ4v) is 6.35. The second-order valence-electron chi connectivity index (χ2n) is 11.6. The minimum Gasteiger partial charge on any atom is -0.394 e. The van der Waals surface area contributed by atoms with Gasteiger partial charge in [-0.15, -0.1) is 0 Å². The van der Waals surface area contributed by atoms with Crippen molar-refractivity contribution in [2.24, 2.45) is 7.05 Å². The SMILES string of the molecule is CCc1nc2ccccc2n1-c1nc(N2CCOCC2)c2nc(CN3C[C@@H]4C3CN4C(C)(C)CO)n(C)c2n1. The maximum atomic E-state index is 9.79. The molecule has 0 amide bonds. The summed E-state index contributed by atoms with van der Waals surface area (Å²) >= 11 is 0. The molecule has 11 heteroatoms. The standard InChI is InChI=1S/C28H37N9O2/c1-5-22-29-18-8-6-7-9-19(18)37(22)27-31-25-24(26(32-27)34-10-12-39-13-11-34)30-23(33(25)4)16-35-14-21-20(35)15-36(21)28(2,3)17-38/h6-9,20-21,38H,5,10-17H2,1-4H3/t20?,21-/m1/s1. The van der Waals surface area contributed by atoms with Crippen LogP contribution >= 0.6 is 0 Å². The lowest BCUT2D eigenvalue weighted by Gasteiger charge is -2.66. The highest BCUT2D eigenvalue weighted by molar-refractivity contribution is 5.86. The van der Waals surface area contributed by atoms with E-state index in [-0.39, 0.29) is 12.1 Å². The summed E-state index contributed by atoms with van der Waals surface area (Å²) in [4.78, 5) is 27.5. The topological polar surface area (TPSA) is 101 Å². The molecule has 4 aromatic rings. The van der Waals surface area contributed by atoms with Gasteiger partial charge in [-0.2, -0.15) is 9.97 Å². The first kappa shape index (κ1) is 24.9. The van der Waals surface area contributed by atoms with Gasteiger partial charge < -0.3 is 19.3 Å². The molecule has 0 radical (unpaired) electrons. The molecule has 39 heavy (non-hydrogen) atoms. The molecule has 3 aliphatic heterocycles. The van der Waals surface area contributed by atoms with Crippen LogP contribution in [0.4, 0.5) is 5.82 Å². The van der Waals surface area contributed by atoms with Gasteiger partial charge in [0, 0.05) is 57.3 Å². The highest BCUT2D eigenvalue weighted by Gasteiger charge is 2.55. The molecule has 0 bridgehead atoms. The zero-order chi connectivity index (χ0) is 26.9. The fraction of sp³-hybridized carbons (Fsp3) is 0.571. The van der Waals surface area contributed by atoms with Crippen molar-refractivity contribution >= 4 is 28.0 Å². The minimum atomic E-state index is -0.168. The van der Waals surface area contributed by atoms with Gasteiger partial charge in [-0.25, -0.2) is 9.97 Å².